The van der Waals surface area contributed by atoms with Crippen LogP contribution in [0.15, 0.2) is 28.8 Å². The van der Waals surface area contributed by atoms with E-state index in [1.807, 2.05) is 36.0 Å². The number of nitrogens with one attached hydrogen (secondary N) is 1. The molecule has 0 aliphatic carbocycles. The van der Waals surface area contributed by atoms with E-state index in [0.29, 0.717) is 31.5 Å². The van der Waals surface area contributed by atoms with Crippen LogP contribution in [0.2, 0.25) is 0 Å². The molecule has 0 saturated carbocycles. The van der Waals surface area contributed by atoms with Gasteiger partial charge in [0.25, 0.3) is 0 Å². The highest BCUT2D eigenvalue weighted by molar-refractivity contribution is 5.88. The van der Waals surface area contributed by atoms with E-state index in [1.54, 1.807) is 4.90 Å². The number of ether oxygens (including phenoxy) is 1. The Kier molecular flexibility index (Phi) is 5.43. The molecule has 2 aromatic heterocycles. The number of amides is 2. The van der Waals surface area contributed by atoms with Crippen molar-refractivity contribution >= 4 is 11.8 Å². The molecule has 25 heavy (non-hydrogen) atoms. The SMILES string of the molecule is Cc1ccc([C@H]2COCCN2C(=O)Nc2ccn(CCC(C)C)n2)o1. The Bertz CT molecular complexity index is 707. The molecule has 0 aromatic carbocycles. The van der Waals surface area contributed by atoms with Gasteiger partial charge in [-0.05, 0) is 31.4 Å². The van der Waals surface area contributed by atoms with Gasteiger partial charge in [0.2, 0.25) is 0 Å². The first-order valence-electron chi connectivity index (χ1n) is 8.78. The molecule has 1 aliphatic heterocycles. The van der Waals surface area contributed by atoms with Crippen LogP contribution in [-0.4, -0.2) is 40.5 Å². The molecular formula is C18H26N4O3. The first kappa shape index (κ1) is 17.5. The van der Waals surface area contributed by atoms with Crippen LogP contribution in [-0.2, 0) is 11.3 Å². The Morgan fingerprint density at radius 3 is 2.96 bits per heavy atom. The Morgan fingerprint density at radius 2 is 2.24 bits per heavy atom. The van der Waals surface area contributed by atoms with Gasteiger partial charge in [-0.1, -0.05) is 13.8 Å². The summed E-state index contributed by atoms with van der Waals surface area (Å²) >= 11 is 0. The zero-order valence-corrected chi connectivity index (χ0v) is 15.1. The predicted molar refractivity (Wildman–Crippen MR) is 94.4 cm³/mol. The Hall–Kier alpha value is -2.28. The highest BCUT2D eigenvalue weighted by Crippen LogP contribution is 2.26. The first-order valence-corrected chi connectivity index (χ1v) is 8.78. The Morgan fingerprint density at radius 1 is 1.40 bits per heavy atom. The van der Waals surface area contributed by atoms with Crippen LogP contribution in [0.25, 0.3) is 0 Å². The smallest absolute Gasteiger partial charge is 0.323 e. The summed E-state index contributed by atoms with van der Waals surface area (Å²) in [4.78, 5) is 14.4. The van der Waals surface area contributed by atoms with Gasteiger partial charge in [0.15, 0.2) is 5.82 Å². The number of furan rings is 1. The fourth-order valence-electron chi connectivity index (χ4n) is 2.84. The molecule has 7 nitrogen and oxygen atoms in total. The summed E-state index contributed by atoms with van der Waals surface area (Å²) in [5.74, 6) is 2.75. The van der Waals surface area contributed by atoms with Gasteiger partial charge in [-0.3, -0.25) is 10.00 Å². The van der Waals surface area contributed by atoms with Crippen LogP contribution in [0.3, 0.4) is 0 Å². The summed E-state index contributed by atoms with van der Waals surface area (Å²) in [5, 5.41) is 7.31. The monoisotopic (exact) mass is 346 g/mol. The minimum absolute atomic E-state index is 0.184. The second-order valence-corrected chi connectivity index (χ2v) is 6.81. The van der Waals surface area contributed by atoms with Gasteiger partial charge in [0.1, 0.15) is 17.6 Å². The fourth-order valence-corrected chi connectivity index (χ4v) is 2.84. The summed E-state index contributed by atoms with van der Waals surface area (Å²) in [5.41, 5.74) is 0. The van der Waals surface area contributed by atoms with Crippen molar-refractivity contribution in [2.45, 2.75) is 39.8 Å². The van der Waals surface area contributed by atoms with Crippen LogP contribution in [0.5, 0.6) is 0 Å². The third kappa shape index (κ3) is 4.42. The van der Waals surface area contributed by atoms with Gasteiger partial charge in [0.05, 0.1) is 13.2 Å². The second-order valence-electron chi connectivity index (χ2n) is 6.81. The number of morpholine rings is 1. The number of anilines is 1. The molecule has 0 radical (unpaired) electrons. The fraction of sp³-hybridized carbons (Fsp3) is 0.556. The molecule has 1 atom stereocenters. The second kappa shape index (κ2) is 7.74. The van der Waals surface area contributed by atoms with Crippen LogP contribution in [0, 0.1) is 12.8 Å². The third-order valence-electron chi connectivity index (χ3n) is 4.29. The van der Waals surface area contributed by atoms with Crippen LogP contribution < -0.4 is 5.32 Å². The molecule has 3 heterocycles. The highest BCUT2D eigenvalue weighted by Gasteiger charge is 2.31. The molecule has 1 saturated heterocycles. The van der Waals surface area contributed by atoms with Crippen molar-refractivity contribution in [2.24, 2.45) is 5.92 Å². The molecule has 1 N–H and O–H groups in total. The zero-order valence-electron chi connectivity index (χ0n) is 15.1. The van der Waals surface area contributed by atoms with E-state index >= 15 is 0 Å². The van der Waals surface area contributed by atoms with E-state index in [0.717, 1.165) is 24.5 Å². The first-order chi connectivity index (χ1) is 12.0. The maximum Gasteiger partial charge on any atom is 0.323 e. The lowest BCUT2D eigenvalue weighted by Crippen LogP contribution is -2.45. The minimum Gasteiger partial charge on any atom is -0.464 e. The van der Waals surface area contributed by atoms with Gasteiger partial charge < -0.3 is 14.1 Å². The Labute approximate surface area is 147 Å². The van der Waals surface area contributed by atoms with Gasteiger partial charge in [-0.2, -0.15) is 5.10 Å². The van der Waals surface area contributed by atoms with E-state index in [2.05, 4.69) is 24.3 Å². The lowest BCUT2D eigenvalue weighted by molar-refractivity contribution is 0.00708. The molecule has 0 bridgehead atoms. The maximum absolute atomic E-state index is 12.7. The highest BCUT2D eigenvalue weighted by atomic mass is 16.5. The van der Waals surface area contributed by atoms with Crippen molar-refractivity contribution in [1.29, 1.82) is 0 Å². The summed E-state index contributed by atoms with van der Waals surface area (Å²) in [7, 11) is 0. The number of nitrogens with zero attached hydrogens (tertiary/aromatic N) is 3. The summed E-state index contributed by atoms with van der Waals surface area (Å²) in [6, 6.07) is 5.22. The number of hydrogen-bond acceptors (Lipinski definition) is 4. The summed E-state index contributed by atoms with van der Waals surface area (Å²) < 4.78 is 13.1. The van der Waals surface area contributed by atoms with Crippen molar-refractivity contribution in [3.05, 3.63) is 35.9 Å². The molecule has 2 aromatic rings. The quantitative estimate of drug-likeness (QED) is 0.900. The van der Waals surface area contributed by atoms with Crippen molar-refractivity contribution in [3.8, 4) is 0 Å². The standard InChI is InChI=1S/C18H26N4O3/c1-13(2)6-8-21-9-7-17(20-21)19-18(23)22-10-11-24-12-15(22)16-5-4-14(3)25-16/h4-5,7,9,13,15H,6,8,10-12H2,1-3H3,(H,19,20,23)/t15-/m1/s1. The van der Waals surface area contributed by atoms with E-state index in [9.17, 15) is 4.79 Å². The summed E-state index contributed by atoms with van der Waals surface area (Å²) in [6.45, 7) is 8.57. The van der Waals surface area contributed by atoms with E-state index in [4.69, 9.17) is 9.15 Å². The predicted octanol–water partition coefficient (Wildman–Crippen LogP) is 3.44. The number of hydrogen-bond donors (Lipinski definition) is 1. The number of carbonyl (C=O) groups excluding carboxylic acids is 1. The molecular weight excluding hydrogens is 320 g/mol. The van der Waals surface area contributed by atoms with Crippen LogP contribution >= 0.6 is 0 Å². The van der Waals surface area contributed by atoms with E-state index in [1.165, 1.54) is 0 Å². The van der Waals surface area contributed by atoms with Crippen molar-refractivity contribution < 1.29 is 13.9 Å². The number of aryl methyl sites for hydroxylation is 2. The molecule has 1 fully saturated rings. The van der Waals surface area contributed by atoms with Crippen molar-refractivity contribution in [1.82, 2.24) is 14.7 Å². The largest absolute Gasteiger partial charge is 0.464 e. The molecule has 0 spiro atoms. The third-order valence-corrected chi connectivity index (χ3v) is 4.29. The average Bonchev–Trinajstić information content (AvgIpc) is 3.22. The number of rotatable bonds is 5. The lowest BCUT2D eigenvalue weighted by Gasteiger charge is -2.34. The average molecular weight is 346 g/mol. The van der Waals surface area contributed by atoms with E-state index < -0.39 is 0 Å². The van der Waals surface area contributed by atoms with E-state index in [-0.39, 0.29) is 12.1 Å². The normalized spacial score (nSPS) is 17.9. The number of carbonyl (C=O) groups is 1. The van der Waals surface area contributed by atoms with Gasteiger partial charge in [-0.15, -0.1) is 0 Å². The zero-order chi connectivity index (χ0) is 17.8. The van der Waals surface area contributed by atoms with Crippen LogP contribution in [0.4, 0.5) is 10.6 Å². The van der Waals surface area contributed by atoms with Gasteiger partial charge >= 0.3 is 6.03 Å². The number of urea groups is 1. The number of aromatic nitrogens is 2. The molecule has 2 amide bonds. The molecule has 7 heteroatoms. The molecule has 1 aliphatic rings. The minimum atomic E-state index is -0.217. The van der Waals surface area contributed by atoms with Gasteiger partial charge in [-0.25, -0.2) is 4.79 Å². The van der Waals surface area contributed by atoms with Crippen molar-refractivity contribution in [3.63, 3.8) is 0 Å². The summed E-state index contributed by atoms with van der Waals surface area (Å²) in [6.07, 6.45) is 2.95. The van der Waals surface area contributed by atoms with Gasteiger partial charge in [0, 0.05) is 25.4 Å². The van der Waals surface area contributed by atoms with Crippen LogP contribution in [0.1, 0.15) is 37.8 Å². The lowest BCUT2D eigenvalue weighted by atomic mass is 10.1. The maximum atomic E-state index is 12.7. The Balaban J connectivity index is 1.64. The molecule has 0 unspecified atom stereocenters. The molecule has 136 valence electrons. The van der Waals surface area contributed by atoms with Crippen molar-refractivity contribution in [2.75, 3.05) is 25.1 Å². The molecule has 3 rings (SSSR count). The topological polar surface area (TPSA) is 72.5 Å².